The van der Waals surface area contributed by atoms with E-state index < -0.39 is 9.84 Å². The lowest BCUT2D eigenvalue weighted by atomic mass is 10.2. The van der Waals surface area contributed by atoms with Crippen molar-refractivity contribution in [1.82, 2.24) is 10.6 Å². The van der Waals surface area contributed by atoms with E-state index in [0.29, 0.717) is 17.5 Å². The van der Waals surface area contributed by atoms with Crippen LogP contribution in [0.25, 0.3) is 0 Å². The van der Waals surface area contributed by atoms with Crippen molar-refractivity contribution in [1.29, 1.82) is 0 Å². The number of benzene rings is 1. The fraction of sp³-hybridized carbons (Fsp3) is 0.500. The summed E-state index contributed by atoms with van der Waals surface area (Å²) >= 11 is 0. The lowest BCUT2D eigenvalue weighted by Gasteiger charge is -2.13. The third-order valence-electron chi connectivity index (χ3n) is 2.54. The zero-order chi connectivity index (χ0) is 15.2. The van der Waals surface area contributed by atoms with Crippen molar-refractivity contribution in [2.45, 2.75) is 38.3 Å². The van der Waals surface area contributed by atoms with E-state index in [1.807, 2.05) is 20.8 Å². The van der Waals surface area contributed by atoms with Crippen LogP contribution in [0.1, 0.15) is 26.3 Å². The topological polar surface area (TPSA) is 70.6 Å². The summed E-state index contributed by atoms with van der Waals surface area (Å²) in [6.07, 6.45) is 1.20. The molecular weight excluding hydrogens is 274 g/mol. The Bertz CT molecular complexity index is 548. The minimum absolute atomic E-state index is 0.306. The van der Waals surface area contributed by atoms with E-state index in [1.165, 1.54) is 6.26 Å². The lowest BCUT2D eigenvalue weighted by molar-refractivity contribution is 0.602. The van der Waals surface area contributed by atoms with Crippen LogP contribution in [0, 0.1) is 0 Å². The number of hydrogen-bond acceptors (Lipinski definition) is 3. The quantitative estimate of drug-likeness (QED) is 0.639. The Morgan fingerprint density at radius 3 is 2.30 bits per heavy atom. The summed E-state index contributed by atoms with van der Waals surface area (Å²) in [5.74, 6) is 0.759. The van der Waals surface area contributed by atoms with Crippen molar-refractivity contribution >= 4 is 15.8 Å². The summed E-state index contributed by atoms with van der Waals surface area (Å²) in [5.41, 5.74) is 0.971. The SMILES string of the molecule is CCNC(=NCc1ccc(S(C)(=O)=O)cc1)NC(C)C. The van der Waals surface area contributed by atoms with Gasteiger partial charge in [-0.15, -0.1) is 0 Å². The van der Waals surface area contributed by atoms with Crippen molar-refractivity contribution in [3.05, 3.63) is 29.8 Å². The van der Waals surface area contributed by atoms with Crippen LogP contribution in [0.2, 0.25) is 0 Å². The van der Waals surface area contributed by atoms with Gasteiger partial charge in [0.15, 0.2) is 15.8 Å². The van der Waals surface area contributed by atoms with Gasteiger partial charge in [-0.2, -0.15) is 0 Å². The standard InChI is InChI=1S/C14H23N3O2S/c1-5-15-14(17-11(2)3)16-10-12-6-8-13(9-7-12)20(4,18)19/h6-9,11H,5,10H2,1-4H3,(H2,15,16,17). The maximum absolute atomic E-state index is 11.4. The van der Waals surface area contributed by atoms with Crippen LogP contribution in [-0.2, 0) is 16.4 Å². The molecule has 0 heterocycles. The molecule has 1 rings (SSSR count). The van der Waals surface area contributed by atoms with Gasteiger partial charge < -0.3 is 10.6 Å². The fourth-order valence-electron chi connectivity index (χ4n) is 1.61. The predicted octanol–water partition coefficient (Wildman–Crippen LogP) is 1.55. The average Bonchev–Trinajstić information content (AvgIpc) is 2.35. The Balaban J connectivity index is 2.76. The largest absolute Gasteiger partial charge is 0.357 e. The number of sulfone groups is 1. The van der Waals surface area contributed by atoms with Gasteiger partial charge in [-0.1, -0.05) is 12.1 Å². The third kappa shape index (κ3) is 5.61. The maximum atomic E-state index is 11.4. The molecule has 0 spiro atoms. The van der Waals surface area contributed by atoms with Crippen LogP contribution in [0.15, 0.2) is 34.2 Å². The second kappa shape index (κ2) is 7.28. The Morgan fingerprint density at radius 1 is 1.25 bits per heavy atom. The molecule has 0 aliphatic carbocycles. The molecule has 5 nitrogen and oxygen atoms in total. The molecule has 0 radical (unpaired) electrons. The van der Waals surface area contributed by atoms with E-state index in [4.69, 9.17) is 0 Å². The molecule has 20 heavy (non-hydrogen) atoms. The first kappa shape index (κ1) is 16.5. The second-order valence-corrected chi connectivity index (χ2v) is 6.93. The molecule has 2 N–H and O–H groups in total. The third-order valence-corrected chi connectivity index (χ3v) is 3.67. The van der Waals surface area contributed by atoms with Gasteiger partial charge in [0.1, 0.15) is 0 Å². The molecule has 0 aliphatic rings. The molecule has 0 amide bonds. The van der Waals surface area contributed by atoms with Crippen molar-refractivity contribution < 1.29 is 8.42 Å². The van der Waals surface area contributed by atoms with Gasteiger partial charge in [-0.05, 0) is 38.5 Å². The number of nitrogens with one attached hydrogen (secondary N) is 2. The Labute approximate surface area is 121 Å². The summed E-state index contributed by atoms with van der Waals surface area (Å²) in [6, 6.07) is 7.12. The fourth-order valence-corrected chi connectivity index (χ4v) is 2.24. The molecule has 0 aromatic heterocycles. The van der Waals surface area contributed by atoms with Gasteiger partial charge in [0.25, 0.3) is 0 Å². The predicted molar refractivity (Wildman–Crippen MR) is 82.6 cm³/mol. The van der Waals surface area contributed by atoms with Gasteiger partial charge in [-0.25, -0.2) is 13.4 Å². The van der Waals surface area contributed by atoms with E-state index in [-0.39, 0.29) is 0 Å². The van der Waals surface area contributed by atoms with Crippen LogP contribution in [0.4, 0.5) is 0 Å². The number of aliphatic imine (C=N–C) groups is 1. The summed E-state index contributed by atoms with van der Waals surface area (Å²) in [4.78, 5) is 4.79. The highest BCUT2D eigenvalue weighted by atomic mass is 32.2. The highest BCUT2D eigenvalue weighted by molar-refractivity contribution is 7.90. The van der Waals surface area contributed by atoms with E-state index in [0.717, 1.165) is 18.1 Å². The van der Waals surface area contributed by atoms with E-state index >= 15 is 0 Å². The van der Waals surface area contributed by atoms with Crippen molar-refractivity contribution in [2.75, 3.05) is 12.8 Å². The van der Waals surface area contributed by atoms with Crippen LogP contribution in [0.5, 0.6) is 0 Å². The zero-order valence-corrected chi connectivity index (χ0v) is 13.3. The lowest BCUT2D eigenvalue weighted by Crippen LogP contribution is -2.40. The molecule has 112 valence electrons. The summed E-state index contributed by atoms with van der Waals surface area (Å²) in [5, 5.41) is 6.39. The molecule has 0 fully saturated rings. The van der Waals surface area contributed by atoms with E-state index in [9.17, 15) is 8.42 Å². The van der Waals surface area contributed by atoms with Crippen LogP contribution in [0.3, 0.4) is 0 Å². The number of hydrogen-bond donors (Lipinski definition) is 2. The van der Waals surface area contributed by atoms with Crippen molar-refractivity contribution in [3.8, 4) is 0 Å². The van der Waals surface area contributed by atoms with Crippen molar-refractivity contribution in [2.24, 2.45) is 4.99 Å². The molecule has 0 saturated carbocycles. The molecule has 0 unspecified atom stereocenters. The summed E-state index contributed by atoms with van der Waals surface area (Å²) in [7, 11) is -3.14. The maximum Gasteiger partial charge on any atom is 0.191 e. The van der Waals surface area contributed by atoms with Crippen LogP contribution >= 0.6 is 0 Å². The average molecular weight is 297 g/mol. The normalized spacial score (nSPS) is 12.6. The van der Waals surface area contributed by atoms with Crippen LogP contribution < -0.4 is 10.6 Å². The molecule has 0 aliphatic heterocycles. The molecule has 6 heteroatoms. The Kier molecular flexibility index (Phi) is 6.01. The number of nitrogens with zero attached hydrogens (tertiary/aromatic N) is 1. The smallest absolute Gasteiger partial charge is 0.191 e. The zero-order valence-electron chi connectivity index (χ0n) is 12.5. The number of guanidine groups is 1. The first-order valence-corrected chi connectivity index (χ1v) is 8.56. The summed E-state index contributed by atoms with van der Waals surface area (Å²) in [6.45, 7) is 7.41. The second-order valence-electron chi connectivity index (χ2n) is 4.91. The minimum atomic E-state index is -3.14. The molecule has 1 aromatic rings. The molecule has 0 saturated heterocycles. The Morgan fingerprint density at radius 2 is 1.85 bits per heavy atom. The first-order chi connectivity index (χ1) is 9.32. The van der Waals surface area contributed by atoms with Gasteiger partial charge in [0, 0.05) is 18.8 Å². The number of rotatable bonds is 5. The monoisotopic (exact) mass is 297 g/mol. The Hall–Kier alpha value is -1.56. The van der Waals surface area contributed by atoms with Crippen molar-refractivity contribution in [3.63, 3.8) is 0 Å². The molecule has 1 aromatic carbocycles. The molecule has 0 atom stereocenters. The van der Waals surface area contributed by atoms with Gasteiger partial charge in [0.05, 0.1) is 11.4 Å². The first-order valence-electron chi connectivity index (χ1n) is 6.66. The van der Waals surface area contributed by atoms with Crippen LogP contribution in [-0.4, -0.2) is 33.2 Å². The van der Waals surface area contributed by atoms with Gasteiger partial charge in [-0.3, -0.25) is 0 Å². The van der Waals surface area contributed by atoms with Gasteiger partial charge in [0.2, 0.25) is 0 Å². The summed E-state index contributed by atoms with van der Waals surface area (Å²) < 4.78 is 22.7. The van der Waals surface area contributed by atoms with E-state index in [2.05, 4.69) is 15.6 Å². The van der Waals surface area contributed by atoms with Gasteiger partial charge >= 0.3 is 0 Å². The molecule has 0 bridgehead atoms. The highest BCUT2D eigenvalue weighted by Gasteiger charge is 2.06. The molecular formula is C14H23N3O2S. The van der Waals surface area contributed by atoms with E-state index in [1.54, 1.807) is 24.3 Å². The minimum Gasteiger partial charge on any atom is -0.357 e. The highest BCUT2D eigenvalue weighted by Crippen LogP contribution is 2.10.